The SMILES string of the molecule is C=Cc1ccc(OC2CN(C(=O)c3nn(C)c4ccccc34)CCC2(F)F)nc1C=C. The highest BCUT2D eigenvalue weighted by Gasteiger charge is 2.47. The molecule has 3 aromatic rings. The zero-order valence-electron chi connectivity index (χ0n) is 17.1. The van der Waals surface area contributed by atoms with Crippen LogP contribution in [0.25, 0.3) is 23.1 Å². The lowest BCUT2D eigenvalue weighted by molar-refractivity contribution is -0.131. The molecule has 4 rings (SSSR count). The van der Waals surface area contributed by atoms with Gasteiger partial charge >= 0.3 is 0 Å². The fraction of sp³-hybridized carbons (Fsp3) is 0.261. The van der Waals surface area contributed by atoms with Crippen LogP contribution in [0.2, 0.25) is 0 Å². The van der Waals surface area contributed by atoms with E-state index in [1.54, 1.807) is 29.9 Å². The fourth-order valence-electron chi connectivity index (χ4n) is 3.71. The van der Waals surface area contributed by atoms with Gasteiger partial charge in [-0.15, -0.1) is 0 Å². The Kier molecular flexibility index (Phi) is 5.31. The number of carbonyl (C=O) groups is 1. The first kappa shape index (κ1) is 20.7. The van der Waals surface area contributed by atoms with E-state index in [4.69, 9.17) is 4.74 Å². The average molecular weight is 424 g/mol. The van der Waals surface area contributed by atoms with Gasteiger partial charge in [-0.2, -0.15) is 5.10 Å². The van der Waals surface area contributed by atoms with Gasteiger partial charge in [0.25, 0.3) is 11.8 Å². The number of fused-ring (bicyclic) bond motifs is 1. The topological polar surface area (TPSA) is 60.2 Å². The number of nitrogens with zero attached hydrogens (tertiary/aromatic N) is 4. The maximum Gasteiger partial charge on any atom is 0.287 e. The normalized spacial score (nSPS) is 18.0. The third-order valence-corrected chi connectivity index (χ3v) is 5.43. The Balaban J connectivity index is 1.59. The summed E-state index contributed by atoms with van der Waals surface area (Å²) in [6.45, 7) is 7.01. The largest absolute Gasteiger partial charge is 0.466 e. The molecular weight excluding hydrogens is 402 g/mol. The molecule has 6 nitrogen and oxygen atoms in total. The van der Waals surface area contributed by atoms with Gasteiger partial charge < -0.3 is 9.64 Å². The van der Waals surface area contributed by atoms with E-state index >= 15 is 0 Å². The number of hydrogen-bond acceptors (Lipinski definition) is 4. The minimum absolute atomic E-state index is 0.0442. The molecule has 0 bridgehead atoms. The summed E-state index contributed by atoms with van der Waals surface area (Å²) in [5, 5.41) is 5.00. The first-order chi connectivity index (χ1) is 14.8. The van der Waals surface area contributed by atoms with Crippen LogP contribution in [0, 0.1) is 0 Å². The molecule has 160 valence electrons. The van der Waals surface area contributed by atoms with E-state index in [2.05, 4.69) is 23.2 Å². The number of hydrogen-bond donors (Lipinski definition) is 0. The number of ether oxygens (including phenoxy) is 1. The molecule has 1 aliphatic heterocycles. The van der Waals surface area contributed by atoms with E-state index in [-0.39, 0.29) is 24.7 Å². The minimum Gasteiger partial charge on any atom is -0.466 e. The first-order valence-electron chi connectivity index (χ1n) is 9.85. The maximum atomic E-state index is 14.6. The molecule has 1 unspecified atom stereocenters. The molecule has 0 radical (unpaired) electrons. The summed E-state index contributed by atoms with van der Waals surface area (Å²) in [4.78, 5) is 18.7. The van der Waals surface area contributed by atoms with E-state index in [1.165, 1.54) is 17.0 Å². The number of piperidine rings is 1. The summed E-state index contributed by atoms with van der Waals surface area (Å²) >= 11 is 0. The van der Waals surface area contributed by atoms with Crippen LogP contribution in [0.4, 0.5) is 8.78 Å². The van der Waals surface area contributed by atoms with Gasteiger partial charge in [0.15, 0.2) is 11.8 Å². The van der Waals surface area contributed by atoms with Crippen molar-refractivity contribution in [3.8, 4) is 5.88 Å². The standard InChI is InChI=1S/C23H22F2N4O2/c1-4-15-10-11-20(26-17(15)5-2)31-19-14-29(13-12-23(19,24)25)22(30)21-16-8-6-7-9-18(16)28(3)27-21/h4-11,19H,1-2,12-14H2,3H3. The van der Waals surface area contributed by atoms with Crippen LogP contribution in [0.15, 0.2) is 49.6 Å². The molecule has 3 heterocycles. The lowest BCUT2D eigenvalue weighted by Gasteiger charge is -2.37. The number of aromatic nitrogens is 3. The van der Waals surface area contributed by atoms with Crippen molar-refractivity contribution in [2.24, 2.45) is 7.05 Å². The zero-order chi connectivity index (χ0) is 22.2. The quantitative estimate of drug-likeness (QED) is 0.617. The number of alkyl halides is 2. The third kappa shape index (κ3) is 3.81. The minimum atomic E-state index is -3.10. The van der Waals surface area contributed by atoms with Gasteiger partial charge in [0.05, 0.1) is 17.8 Å². The van der Waals surface area contributed by atoms with Crippen LogP contribution in [-0.2, 0) is 7.05 Å². The van der Waals surface area contributed by atoms with Gasteiger partial charge in [0.2, 0.25) is 5.88 Å². The second kappa shape index (κ2) is 7.94. The second-order valence-electron chi connectivity index (χ2n) is 7.39. The van der Waals surface area contributed by atoms with Crippen molar-refractivity contribution in [2.75, 3.05) is 13.1 Å². The molecule has 1 amide bonds. The lowest BCUT2D eigenvalue weighted by Crippen LogP contribution is -2.55. The van der Waals surface area contributed by atoms with Crippen LogP contribution in [0.5, 0.6) is 5.88 Å². The molecular formula is C23H22F2N4O2. The smallest absolute Gasteiger partial charge is 0.287 e. The average Bonchev–Trinajstić information content (AvgIpc) is 3.11. The molecule has 0 spiro atoms. The predicted octanol–water partition coefficient (Wildman–Crippen LogP) is 4.18. The first-order valence-corrected chi connectivity index (χ1v) is 9.85. The third-order valence-electron chi connectivity index (χ3n) is 5.43. The summed E-state index contributed by atoms with van der Waals surface area (Å²) in [6.07, 6.45) is 1.07. The van der Waals surface area contributed by atoms with Crippen LogP contribution < -0.4 is 4.74 Å². The van der Waals surface area contributed by atoms with Crippen LogP contribution in [0.3, 0.4) is 0 Å². The highest BCUT2D eigenvalue weighted by molar-refractivity contribution is 6.04. The number of pyridine rings is 1. The molecule has 1 fully saturated rings. The number of para-hydroxylation sites is 1. The number of benzene rings is 1. The maximum absolute atomic E-state index is 14.6. The summed E-state index contributed by atoms with van der Waals surface area (Å²) < 4.78 is 36.4. The molecule has 1 aliphatic rings. The number of likely N-dealkylation sites (tertiary alicyclic amines) is 1. The Morgan fingerprint density at radius 2 is 2.00 bits per heavy atom. The van der Waals surface area contributed by atoms with E-state index in [9.17, 15) is 13.6 Å². The van der Waals surface area contributed by atoms with Crippen LogP contribution >= 0.6 is 0 Å². The van der Waals surface area contributed by atoms with E-state index in [1.807, 2.05) is 18.2 Å². The second-order valence-corrected chi connectivity index (χ2v) is 7.39. The highest BCUT2D eigenvalue weighted by Crippen LogP contribution is 2.33. The molecule has 0 aliphatic carbocycles. The number of rotatable bonds is 5. The van der Waals surface area contributed by atoms with Crippen molar-refractivity contribution in [2.45, 2.75) is 18.4 Å². The summed E-state index contributed by atoms with van der Waals surface area (Å²) in [6, 6.07) is 10.5. The highest BCUT2D eigenvalue weighted by atomic mass is 19.3. The fourth-order valence-corrected chi connectivity index (χ4v) is 3.71. The molecule has 31 heavy (non-hydrogen) atoms. The molecule has 2 aromatic heterocycles. The number of halogens is 2. The number of aryl methyl sites for hydroxylation is 1. The van der Waals surface area contributed by atoms with Gasteiger partial charge in [-0.1, -0.05) is 37.4 Å². The number of amides is 1. The number of carbonyl (C=O) groups excluding carboxylic acids is 1. The summed E-state index contributed by atoms with van der Waals surface area (Å²) in [7, 11) is 1.74. The predicted molar refractivity (Wildman–Crippen MR) is 115 cm³/mol. The van der Waals surface area contributed by atoms with Crippen LogP contribution in [-0.4, -0.2) is 50.7 Å². The lowest BCUT2D eigenvalue weighted by atomic mass is 10.0. The van der Waals surface area contributed by atoms with Crippen molar-refractivity contribution < 1.29 is 18.3 Å². The van der Waals surface area contributed by atoms with Gasteiger partial charge in [-0.05, 0) is 23.8 Å². The van der Waals surface area contributed by atoms with Crippen LogP contribution in [0.1, 0.15) is 28.2 Å². The Hall–Kier alpha value is -3.55. The molecule has 1 atom stereocenters. The Morgan fingerprint density at radius 1 is 1.23 bits per heavy atom. The van der Waals surface area contributed by atoms with Crippen molar-refractivity contribution >= 4 is 29.0 Å². The van der Waals surface area contributed by atoms with Crippen molar-refractivity contribution in [3.63, 3.8) is 0 Å². The van der Waals surface area contributed by atoms with E-state index in [0.717, 1.165) is 11.1 Å². The monoisotopic (exact) mass is 424 g/mol. The van der Waals surface area contributed by atoms with Crippen molar-refractivity contribution in [1.82, 2.24) is 19.7 Å². The molecule has 1 aromatic carbocycles. The van der Waals surface area contributed by atoms with E-state index < -0.39 is 24.4 Å². The van der Waals surface area contributed by atoms with Gasteiger partial charge in [0, 0.05) is 31.5 Å². The Morgan fingerprint density at radius 3 is 2.74 bits per heavy atom. The summed E-state index contributed by atoms with van der Waals surface area (Å²) in [5.74, 6) is -3.46. The van der Waals surface area contributed by atoms with E-state index in [0.29, 0.717) is 11.1 Å². The van der Waals surface area contributed by atoms with Gasteiger partial charge in [0.1, 0.15) is 0 Å². The Bertz CT molecular complexity index is 1170. The van der Waals surface area contributed by atoms with Gasteiger partial charge in [-0.3, -0.25) is 9.48 Å². The Labute approximate surface area is 178 Å². The summed E-state index contributed by atoms with van der Waals surface area (Å²) in [5.41, 5.74) is 2.24. The van der Waals surface area contributed by atoms with Crippen molar-refractivity contribution in [1.29, 1.82) is 0 Å². The molecule has 0 saturated carbocycles. The van der Waals surface area contributed by atoms with Gasteiger partial charge in [-0.25, -0.2) is 13.8 Å². The zero-order valence-corrected chi connectivity index (χ0v) is 17.1. The van der Waals surface area contributed by atoms with Crippen molar-refractivity contribution in [3.05, 3.63) is 66.5 Å². The molecule has 1 saturated heterocycles. The molecule has 0 N–H and O–H groups in total. The molecule has 8 heteroatoms.